The molecule has 2 heterocycles. The van der Waals surface area contributed by atoms with E-state index >= 15 is 0 Å². The third-order valence-electron chi connectivity index (χ3n) is 2.69. The highest BCUT2D eigenvalue weighted by atomic mass is 79.9. The highest BCUT2D eigenvalue weighted by molar-refractivity contribution is 9.10. The van der Waals surface area contributed by atoms with Crippen molar-refractivity contribution in [2.75, 3.05) is 0 Å². The Bertz CT molecular complexity index is 402. The van der Waals surface area contributed by atoms with Crippen LogP contribution in [0.25, 0.3) is 0 Å². The van der Waals surface area contributed by atoms with Crippen LogP contribution in [0.4, 0.5) is 0 Å². The lowest BCUT2D eigenvalue weighted by atomic mass is 10.2. The molecule has 0 spiro atoms. The normalized spacial score (nSPS) is 25.7. The molecule has 2 rings (SSSR count). The van der Waals surface area contributed by atoms with Gasteiger partial charge in [0.15, 0.2) is 0 Å². The standard InChI is InChI=1S/C11H14BrNO2/c1-8-4-5-9(15-8)7-13-6-2-3-10(12)11(13)14/h2-3,6,8-9H,4-5,7H2,1H3. The van der Waals surface area contributed by atoms with Gasteiger partial charge >= 0.3 is 0 Å². The van der Waals surface area contributed by atoms with Crippen LogP contribution in [0.1, 0.15) is 19.8 Å². The van der Waals surface area contributed by atoms with Crippen molar-refractivity contribution in [1.82, 2.24) is 4.57 Å². The van der Waals surface area contributed by atoms with E-state index in [1.54, 1.807) is 16.8 Å². The summed E-state index contributed by atoms with van der Waals surface area (Å²) in [5, 5.41) is 0. The second-order valence-electron chi connectivity index (χ2n) is 3.96. The van der Waals surface area contributed by atoms with Gasteiger partial charge in [-0.2, -0.15) is 0 Å². The Balaban J connectivity index is 2.11. The molecule has 82 valence electrons. The molecular weight excluding hydrogens is 258 g/mol. The van der Waals surface area contributed by atoms with Crippen LogP contribution in [0.2, 0.25) is 0 Å². The molecular formula is C11H14BrNO2. The van der Waals surface area contributed by atoms with E-state index in [2.05, 4.69) is 22.9 Å². The van der Waals surface area contributed by atoms with Crippen molar-refractivity contribution < 1.29 is 4.74 Å². The Morgan fingerprint density at radius 2 is 2.40 bits per heavy atom. The monoisotopic (exact) mass is 271 g/mol. The number of halogens is 1. The summed E-state index contributed by atoms with van der Waals surface area (Å²) < 4.78 is 7.99. The molecule has 0 radical (unpaired) electrons. The summed E-state index contributed by atoms with van der Waals surface area (Å²) in [7, 11) is 0. The lowest BCUT2D eigenvalue weighted by molar-refractivity contribution is 0.0451. The highest BCUT2D eigenvalue weighted by Crippen LogP contribution is 2.20. The van der Waals surface area contributed by atoms with E-state index in [4.69, 9.17) is 4.74 Å². The first kappa shape index (κ1) is 10.9. The van der Waals surface area contributed by atoms with Crippen molar-refractivity contribution in [2.45, 2.75) is 38.5 Å². The van der Waals surface area contributed by atoms with Gasteiger partial charge in [-0.05, 0) is 47.8 Å². The minimum atomic E-state index is 0.0145. The number of hydrogen-bond donors (Lipinski definition) is 0. The van der Waals surface area contributed by atoms with Crippen LogP contribution < -0.4 is 5.56 Å². The van der Waals surface area contributed by atoms with Crippen LogP contribution in [0.3, 0.4) is 0 Å². The molecule has 1 aromatic rings. The second kappa shape index (κ2) is 4.49. The number of ether oxygens (including phenoxy) is 1. The molecule has 0 N–H and O–H groups in total. The Labute approximate surface area is 97.2 Å². The molecule has 1 aromatic heterocycles. The summed E-state index contributed by atoms with van der Waals surface area (Å²) in [6.07, 6.45) is 4.46. The van der Waals surface area contributed by atoms with E-state index in [0.717, 1.165) is 12.8 Å². The molecule has 1 aliphatic heterocycles. The van der Waals surface area contributed by atoms with E-state index in [9.17, 15) is 4.79 Å². The summed E-state index contributed by atoms with van der Waals surface area (Å²) in [6, 6.07) is 3.63. The van der Waals surface area contributed by atoms with Crippen molar-refractivity contribution >= 4 is 15.9 Å². The average Bonchev–Trinajstić information content (AvgIpc) is 2.59. The van der Waals surface area contributed by atoms with Crippen LogP contribution >= 0.6 is 15.9 Å². The maximum atomic E-state index is 11.7. The molecule has 0 aliphatic carbocycles. The number of pyridine rings is 1. The Morgan fingerprint density at radius 3 is 3.07 bits per heavy atom. The van der Waals surface area contributed by atoms with Gasteiger partial charge < -0.3 is 9.30 Å². The molecule has 1 aliphatic rings. The predicted octanol–water partition coefficient (Wildman–Crippen LogP) is 2.18. The van der Waals surface area contributed by atoms with Crippen molar-refractivity contribution in [2.24, 2.45) is 0 Å². The summed E-state index contributed by atoms with van der Waals surface area (Å²) in [5.41, 5.74) is 0.0145. The quantitative estimate of drug-likeness (QED) is 0.826. The minimum absolute atomic E-state index is 0.0145. The van der Waals surface area contributed by atoms with Gasteiger partial charge in [-0.15, -0.1) is 0 Å². The molecule has 0 amide bonds. The first-order chi connectivity index (χ1) is 7.16. The van der Waals surface area contributed by atoms with Crippen molar-refractivity contribution in [3.8, 4) is 0 Å². The van der Waals surface area contributed by atoms with E-state index in [1.165, 1.54) is 0 Å². The van der Waals surface area contributed by atoms with Gasteiger partial charge in [0.25, 0.3) is 5.56 Å². The zero-order valence-corrected chi connectivity index (χ0v) is 10.2. The lowest BCUT2D eigenvalue weighted by Gasteiger charge is -2.12. The average molecular weight is 272 g/mol. The van der Waals surface area contributed by atoms with Crippen LogP contribution in [0.15, 0.2) is 27.6 Å². The fraction of sp³-hybridized carbons (Fsp3) is 0.545. The van der Waals surface area contributed by atoms with Gasteiger partial charge in [-0.1, -0.05) is 0 Å². The Kier molecular flexibility index (Phi) is 3.26. The van der Waals surface area contributed by atoms with E-state index in [1.807, 2.05) is 6.07 Å². The first-order valence-electron chi connectivity index (χ1n) is 5.17. The molecule has 0 aromatic carbocycles. The molecule has 15 heavy (non-hydrogen) atoms. The molecule has 0 saturated carbocycles. The largest absolute Gasteiger partial charge is 0.373 e. The van der Waals surface area contributed by atoms with Crippen molar-refractivity contribution in [3.05, 3.63) is 33.2 Å². The summed E-state index contributed by atoms with van der Waals surface area (Å²) in [6.45, 7) is 2.73. The number of hydrogen-bond acceptors (Lipinski definition) is 2. The number of aromatic nitrogens is 1. The smallest absolute Gasteiger partial charge is 0.264 e. The predicted molar refractivity (Wildman–Crippen MR) is 62.0 cm³/mol. The topological polar surface area (TPSA) is 31.2 Å². The van der Waals surface area contributed by atoms with E-state index < -0.39 is 0 Å². The molecule has 2 unspecified atom stereocenters. The molecule has 0 bridgehead atoms. The minimum Gasteiger partial charge on any atom is -0.373 e. The van der Waals surface area contributed by atoms with Crippen molar-refractivity contribution in [1.29, 1.82) is 0 Å². The van der Waals surface area contributed by atoms with Gasteiger partial charge in [0.1, 0.15) is 0 Å². The van der Waals surface area contributed by atoms with Crippen LogP contribution in [-0.4, -0.2) is 16.8 Å². The van der Waals surface area contributed by atoms with Gasteiger partial charge in [-0.25, -0.2) is 0 Å². The fourth-order valence-corrected chi connectivity index (χ4v) is 2.27. The molecule has 4 heteroatoms. The molecule has 2 atom stereocenters. The third-order valence-corrected chi connectivity index (χ3v) is 3.30. The van der Waals surface area contributed by atoms with Gasteiger partial charge in [0, 0.05) is 6.20 Å². The zero-order valence-electron chi connectivity index (χ0n) is 8.65. The summed E-state index contributed by atoms with van der Waals surface area (Å²) in [5.74, 6) is 0. The fourth-order valence-electron chi connectivity index (χ4n) is 1.89. The van der Waals surface area contributed by atoms with Gasteiger partial charge in [0.2, 0.25) is 0 Å². The number of rotatable bonds is 2. The lowest BCUT2D eigenvalue weighted by Crippen LogP contribution is -2.26. The molecule has 1 saturated heterocycles. The summed E-state index contributed by atoms with van der Waals surface area (Å²) >= 11 is 3.23. The maximum absolute atomic E-state index is 11.7. The molecule has 3 nitrogen and oxygen atoms in total. The van der Waals surface area contributed by atoms with Gasteiger partial charge in [0.05, 0.1) is 23.2 Å². The van der Waals surface area contributed by atoms with Crippen molar-refractivity contribution in [3.63, 3.8) is 0 Å². The van der Waals surface area contributed by atoms with Crippen LogP contribution in [0, 0.1) is 0 Å². The van der Waals surface area contributed by atoms with Gasteiger partial charge in [-0.3, -0.25) is 4.79 Å². The van der Waals surface area contributed by atoms with Crippen LogP contribution in [-0.2, 0) is 11.3 Å². The first-order valence-corrected chi connectivity index (χ1v) is 5.96. The SMILES string of the molecule is CC1CCC(Cn2cccc(Br)c2=O)O1. The Morgan fingerprint density at radius 1 is 1.60 bits per heavy atom. The van der Waals surface area contributed by atoms with E-state index in [0.29, 0.717) is 17.1 Å². The summed E-state index contributed by atoms with van der Waals surface area (Å²) in [4.78, 5) is 11.7. The van der Waals surface area contributed by atoms with Crippen LogP contribution in [0.5, 0.6) is 0 Å². The highest BCUT2D eigenvalue weighted by Gasteiger charge is 2.22. The third kappa shape index (κ3) is 2.49. The van der Waals surface area contributed by atoms with E-state index in [-0.39, 0.29) is 11.7 Å². The second-order valence-corrected chi connectivity index (χ2v) is 4.81. The maximum Gasteiger partial charge on any atom is 0.264 e. The molecule has 1 fully saturated rings. The Hall–Kier alpha value is -0.610. The number of nitrogens with zero attached hydrogens (tertiary/aromatic N) is 1. The zero-order chi connectivity index (χ0) is 10.8.